The van der Waals surface area contributed by atoms with Crippen LogP contribution < -0.4 is 25.3 Å². The molecule has 3 N–H and O–H groups in total. The summed E-state index contributed by atoms with van der Waals surface area (Å²) in [6, 6.07) is 7.98. The quantitative estimate of drug-likeness (QED) is 0.320. The van der Waals surface area contributed by atoms with Crippen LogP contribution in [0.1, 0.15) is 10.4 Å². The minimum atomic E-state index is 0. The summed E-state index contributed by atoms with van der Waals surface area (Å²) < 4.78 is 16.2. The van der Waals surface area contributed by atoms with E-state index in [0.29, 0.717) is 36.3 Å². The first-order valence-electron chi connectivity index (χ1n) is 8.03. The SMILES string of the molecule is COc1ccc(CCNC(N)=NCCc2cccs2)c(OC)c1OC.I. The van der Waals surface area contributed by atoms with Crippen molar-refractivity contribution in [2.24, 2.45) is 10.7 Å². The number of guanidine groups is 1. The van der Waals surface area contributed by atoms with Gasteiger partial charge in [0.05, 0.1) is 21.3 Å². The van der Waals surface area contributed by atoms with Crippen molar-refractivity contribution in [3.05, 3.63) is 40.1 Å². The minimum absolute atomic E-state index is 0. The van der Waals surface area contributed by atoms with Crippen molar-refractivity contribution in [3.8, 4) is 17.2 Å². The van der Waals surface area contributed by atoms with Crippen LogP contribution in [0.4, 0.5) is 0 Å². The van der Waals surface area contributed by atoms with Crippen LogP contribution >= 0.6 is 35.3 Å². The Morgan fingerprint density at radius 1 is 1.08 bits per heavy atom. The van der Waals surface area contributed by atoms with E-state index < -0.39 is 0 Å². The van der Waals surface area contributed by atoms with Gasteiger partial charge in [-0.1, -0.05) is 12.1 Å². The fraction of sp³-hybridized carbons (Fsp3) is 0.389. The zero-order valence-corrected chi connectivity index (χ0v) is 18.4. The van der Waals surface area contributed by atoms with Gasteiger partial charge in [-0.3, -0.25) is 4.99 Å². The maximum Gasteiger partial charge on any atom is 0.203 e. The van der Waals surface area contributed by atoms with Crippen LogP contribution in [0.25, 0.3) is 0 Å². The summed E-state index contributed by atoms with van der Waals surface area (Å²) in [5.74, 6) is 2.37. The van der Waals surface area contributed by atoms with Gasteiger partial charge in [-0.25, -0.2) is 0 Å². The van der Waals surface area contributed by atoms with Gasteiger partial charge < -0.3 is 25.3 Å². The van der Waals surface area contributed by atoms with E-state index in [1.165, 1.54) is 4.88 Å². The highest BCUT2D eigenvalue weighted by molar-refractivity contribution is 14.0. The maximum absolute atomic E-state index is 5.92. The highest BCUT2D eigenvalue weighted by Crippen LogP contribution is 2.39. The minimum Gasteiger partial charge on any atom is -0.493 e. The molecule has 1 aromatic heterocycles. The third kappa shape index (κ3) is 6.24. The van der Waals surface area contributed by atoms with Crippen molar-refractivity contribution in [1.29, 1.82) is 0 Å². The average Bonchev–Trinajstić information content (AvgIpc) is 3.14. The number of aliphatic imine (C=N–C) groups is 1. The fourth-order valence-electron chi connectivity index (χ4n) is 2.48. The molecule has 0 aliphatic rings. The summed E-state index contributed by atoms with van der Waals surface area (Å²) in [6.07, 6.45) is 1.63. The topological polar surface area (TPSA) is 78.1 Å². The summed E-state index contributed by atoms with van der Waals surface area (Å²) in [5, 5.41) is 5.20. The van der Waals surface area contributed by atoms with Crippen LogP contribution in [-0.2, 0) is 12.8 Å². The third-order valence-corrected chi connectivity index (χ3v) is 4.64. The number of hydrogen-bond donors (Lipinski definition) is 2. The van der Waals surface area contributed by atoms with Crippen LogP contribution in [0.3, 0.4) is 0 Å². The Balaban J connectivity index is 0.00000338. The number of halogens is 1. The molecule has 1 aromatic carbocycles. The fourth-order valence-corrected chi connectivity index (χ4v) is 3.18. The molecule has 0 unspecified atom stereocenters. The molecule has 0 amide bonds. The number of ether oxygens (including phenoxy) is 3. The predicted molar refractivity (Wildman–Crippen MR) is 118 cm³/mol. The van der Waals surface area contributed by atoms with Gasteiger partial charge in [-0.05, 0) is 23.9 Å². The number of nitrogens with two attached hydrogens (primary N) is 1. The van der Waals surface area contributed by atoms with Crippen molar-refractivity contribution in [2.45, 2.75) is 12.8 Å². The van der Waals surface area contributed by atoms with Gasteiger partial charge in [0.25, 0.3) is 0 Å². The number of benzene rings is 1. The number of nitrogens with zero attached hydrogens (tertiary/aromatic N) is 1. The molecule has 0 radical (unpaired) electrons. The average molecular weight is 491 g/mol. The lowest BCUT2D eigenvalue weighted by atomic mass is 10.1. The second kappa shape index (κ2) is 11.8. The van der Waals surface area contributed by atoms with Crippen LogP contribution in [0.2, 0.25) is 0 Å². The molecule has 0 fully saturated rings. The van der Waals surface area contributed by atoms with E-state index >= 15 is 0 Å². The van der Waals surface area contributed by atoms with Gasteiger partial charge in [0.1, 0.15) is 0 Å². The molecule has 0 saturated carbocycles. The molecule has 26 heavy (non-hydrogen) atoms. The van der Waals surface area contributed by atoms with Crippen molar-refractivity contribution in [3.63, 3.8) is 0 Å². The Hall–Kier alpha value is -1.68. The van der Waals surface area contributed by atoms with E-state index in [9.17, 15) is 0 Å². The maximum atomic E-state index is 5.92. The molecule has 0 saturated heterocycles. The summed E-state index contributed by atoms with van der Waals surface area (Å²) in [7, 11) is 4.82. The first-order chi connectivity index (χ1) is 12.2. The van der Waals surface area contributed by atoms with Gasteiger partial charge in [0, 0.05) is 30.0 Å². The van der Waals surface area contributed by atoms with Gasteiger partial charge in [0.15, 0.2) is 17.5 Å². The normalized spacial score (nSPS) is 10.8. The number of hydrogen-bond acceptors (Lipinski definition) is 5. The Kier molecular flexibility index (Phi) is 10.2. The Morgan fingerprint density at radius 3 is 2.46 bits per heavy atom. The monoisotopic (exact) mass is 491 g/mol. The molecule has 1 heterocycles. The molecule has 2 aromatic rings. The lowest BCUT2D eigenvalue weighted by Crippen LogP contribution is -2.33. The summed E-state index contributed by atoms with van der Waals surface area (Å²) in [6.45, 7) is 1.33. The van der Waals surface area contributed by atoms with Gasteiger partial charge >= 0.3 is 0 Å². The van der Waals surface area contributed by atoms with Crippen LogP contribution in [0, 0.1) is 0 Å². The molecule has 0 aliphatic carbocycles. The molecule has 144 valence electrons. The summed E-state index contributed by atoms with van der Waals surface area (Å²) >= 11 is 1.73. The standard InChI is InChI=1S/C18H25N3O3S.HI/c1-22-15-7-6-13(16(23-2)17(15)24-3)8-10-20-18(19)21-11-9-14-5-4-12-25-14;/h4-7,12H,8-11H2,1-3H3,(H3,19,20,21);1H. The van der Waals surface area contributed by atoms with Gasteiger partial charge in [-0.15, -0.1) is 35.3 Å². The molecular formula is C18H26IN3O3S. The zero-order chi connectivity index (χ0) is 18.1. The lowest BCUT2D eigenvalue weighted by molar-refractivity contribution is 0.322. The molecular weight excluding hydrogens is 465 g/mol. The van der Waals surface area contributed by atoms with E-state index in [1.54, 1.807) is 32.7 Å². The van der Waals surface area contributed by atoms with E-state index in [4.69, 9.17) is 19.9 Å². The summed E-state index contributed by atoms with van der Waals surface area (Å²) in [5.41, 5.74) is 6.93. The van der Waals surface area contributed by atoms with Crippen molar-refractivity contribution >= 4 is 41.3 Å². The number of nitrogens with one attached hydrogen (secondary N) is 1. The van der Waals surface area contributed by atoms with E-state index in [2.05, 4.69) is 21.8 Å². The largest absolute Gasteiger partial charge is 0.493 e. The van der Waals surface area contributed by atoms with E-state index in [1.807, 2.05) is 18.2 Å². The van der Waals surface area contributed by atoms with Crippen LogP contribution in [0.5, 0.6) is 17.2 Å². The second-order valence-electron chi connectivity index (χ2n) is 5.27. The van der Waals surface area contributed by atoms with Crippen molar-refractivity contribution in [1.82, 2.24) is 5.32 Å². The molecule has 0 atom stereocenters. The van der Waals surface area contributed by atoms with Gasteiger partial charge in [-0.2, -0.15) is 0 Å². The lowest BCUT2D eigenvalue weighted by Gasteiger charge is -2.16. The third-order valence-electron chi connectivity index (χ3n) is 3.71. The molecule has 2 rings (SSSR count). The Bertz CT molecular complexity index is 693. The first kappa shape index (κ1) is 22.4. The molecule has 6 nitrogen and oxygen atoms in total. The smallest absolute Gasteiger partial charge is 0.203 e. The molecule has 0 spiro atoms. The number of methoxy groups -OCH3 is 3. The van der Waals surface area contributed by atoms with Crippen molar-refractivity contribution in [2.75, 3.05) is 34.4 Å². The number of thiophene rings is 1. The molecule has 0 aliphatic heterocycles. The van der Waals surface area contributed by atoms with E-state index in [0.717, 1.165) is 18.4 Å². The molecule has 0 bridgehead atoms. The molecule has 8 heteroatoms. The second-order valence-corrected chi connectivity index (χ2v) is 6.30. The summed E-state index contributed by atoms with van der Waals surface area (Å²) in [4.78, 5) is 5.66. The highest BCUT2D eigenvalue weighted by atomic mass is 127. The van der Waals surface area contributed by atoms with Gasteiger partial charge in [0.2, 0.25) is 5.75 Å². The van der Waals surface area contributed by atoms with Crippen molar-refractivity contribution < 1.29 is 14.2 Å². The first-order valence-corrected chi connectivity index (χ1v) is 8.91. The Labute approximate surface area is 175 Å². The predicted octanol–water partition coefficient (Wildman–Crippen LogP) is 3.08. The van der Waals surface area contributed by atoms with Crippen LogP contribution in [-0.4, -0.2) is 40.4 Å². The van der Waals surface area contributed by atoms with E-state index in [-0.39, 0.29) is 24.0 Å². The number of rotatable bonds is 9. The zero-order valence-electron chi connectivity index (χ0n) is 15.3. The highest BCUT2D eigenvalue weighted by Gasteiger charge is 2.15. The Morgan fingerprint density at radius 2 is 1.85 bits per heavy atom. The van der Waals surface area contributed by atoms with Crippen LogP contribution in [0.15, 0.2) is 34.6 Å².